The third-order valence-electron chi connectivity index (χ3n) is 3.96. The number of carbonyl (C=O) groups excluding carboxylic acids is 3. The highest BCUT2D eigenvalue weighted by Gasteiger charge is 2.14. The molecule has 0 saturated heterocycles. The highest BCUT2D eigenvalue weighted by molar-refractivity contribution is 5.98. The normalized spacial score (nSPS) is 10.2. The van der Waals surface area contributed by atoms with Crippen molar-refractivity contribution in [2.75, 3.05) is 18.0 Å². The van der Waals surface area contributed by atoms with E-state index in [4.69, 9.17) is 0 Å². The Hall–Kier alpha value is -2.95. The Morgan fingerprint density at radius 3 is 2.36 bits per heavy atom. The van der Waals surface area contributed by atoms with Gasteiger partial charge in [0.15, 0.2) is 5.78 Å². The Balaban J connectivity index is 2.04. The first kappa shape index (κ1) is 18.4. The lowest BCUT2D eigenvalue weighted by molar-refractivity contribution is -0.116. The number of carbonyl (C=O) groups is 3. The lowest BCUT2D eigenvalue weighted by Gasteiger charge is -2.22. The van der Waals surface area contributed by atoms with Crippen LogP contribution in [0.3, 0.4) is 0 Å². The fourth-order valence-corrected chi connectivity index (χ4v) is 2.57. The zero-order valence-electron chi connectivity index (χ0n) is 14.7. The Bertz CT molecular complexity index is 799. The molecular formula is C20H22N2O3. The van der Waals surface area contributed by atoms with Gasteiger partial charge in [-0.15, -0.1) is 0 Å². The van der Waals surface area contributed by atoms with Crippen LogP contribution in [0.2, 0.25) is 0 Å². The maximum Gasteiger partial charge on any atom is 0.251 e. The van der Waals surface area contributed by atoms with E-state index in [9.17, 15) is 14.4 Å². The third kappa shape index (κ3) is 4.76. The number of hydrogen-bond donors (Lipinski definition) is 1. The van der Waals surface area contributed by atoms with Crippen LogP contribution < -0.4 is 10.2 Å². The van der Waals surface area contributed by atoms with Crippen LogP contribution in [0.4, 0.5) is 5.69 Å². The topological polar surface area (TPSA) is 66.5 Å². The van der Waals surface area contributed by atoms with E-state index in [1.165, 1.54) is 13.8 Å². The summed E-state index contributed by atoms with van der Waals surface area (Å²) in [6, 6.07) is 14.3. The number of benzene rings is 2. The van der Waals surface area contributed by atoms with Crippen molar-refractivity contribution in [2.45, 2.75) is 20.8 Å². The number of anilines is 1. The molecule has 2 amide bonds. The molecule has 2 aromatic carbocycles. The number of rotatable bonds is 6. The van der Waals surface area contributed by atoms with Crippen LogP contribution in [-0.2, 0) is 4.79 Å². The van der Waals surface area contributed by atoms with E-state index >= 15 is 0 Å². The number of amides is 2. The minimum absolute atomic E-state index is 0.0572. The van der Waals surface area contributed by atoms with Gasteiger partial charge in [0.2, 0.25) is 5.91 Å². The molecule has 0 atom stereocenters. The van der Waals surface area contributed by atoms with Gasteiger partial charge in [-0.25, -0.2) is 0 Å². The van der Waals surface area contributed by atoms with Crippen molar-refractivity contribution in [3.05, 3.63) is 65.2 Å². The molecule has 0 unspecified atom stereocenters. The summed E-state index contributed by atoms with van der Waals surface area (Å²) in [7, 11) is 0. The Morgan fingerprint density at radius 1 is 1.00 bits per heavy atom. The molecule has 0 fully saturated rings. The second-order valence-electron chi connectivity index (χ2n) is 5.85. The smallest absolute Gasteiger partial charge is 0.251 e. The standard InChI is InChI=1S/C20H22N2O3/c1-14-7-4-5-10-19(14)20(25)21-11-12-22(16(3)24)18-9-6-8-17(13-18)15(2)23/h4-10,13H,11-12H2,1-3H3,(H,21,25). The average molecular weight is 338 g/mol. The molecular weight excluding hydrogens is 316 g/mol. The summed E-state index contributed by atoms with van der Waals surface area (Å²) < 4.78 is 0. The molecule has 1 N–H and O–H groups in total. The van der Waals surface area contributed by atoms with Crippen molar-refractivity contribution < 1.29 is 14.4 Å². The Morgan fingerprint density at radius 2 is 1.72 bits per heavy atom. The predicted octanol–water partition coefficient (Wildman–Crippen LogP) is 2.98. The SMILES string of the molecule is CC(=O)c1cccc(N(CCNC(=O)c2ccccc2C)C(C)=O)c1. The molecule has 130 valence electrons. The van der Waals surface area contributed by atoms with Crippen LogP contribution in [-0.4, -0.2) is 30.7 Å². The van der Waals surface area contributed by atoms with E-state index in [0.29, 0.717) is 29.9 Å². The third-order valence-corrected chi connectivity index (χ3v) is 3.96. The quantitative estimate of drug-likeness (QED) is 0.824. The molecule has 0 radical (unpaired) electrons. The summed E-state index contributed by atoms with van der Waals surface area (Å²) in [6.45, 7) is 5.47. The second kappa shape index (κ2) is 8.24. The highest BCUT2D eigenvalue weighted by Crippen LogP contribution is 2.17. The summed E-state index contributed by atoms with van der Waals surface area (Å²) in [5.74, 6) is -0.372. The summed E-state index contributed by atoms with van der Waals surface area (Å²) in [6.07, 6.45) is 0. The number of nitrogens with zero attached hydrogens (tertiary/aromatic N) is 1. The van der Waals surface area contributed by atoms with E-state index in [2.05, 4.69) is 5.32 Å². The molecule has 0 aliphatic carbocycles. The molecule has 0 spiro atoms. The average Bonchev–Trinajstić information content (AvgIpc) is 2.58. The van der Waals surface area contributed by atoms with E-state index in [0.717, 1.165) is 5.56 Å². The Kier molecular flexibility index (Phi) is 6.06. The highest BCUT2D eigenvalue weighted by atomic mass is 16.2. The lowest BCUT2D eigenvalue weighted by atomic mass is 10.1. The van der Waals surface area contributed by atoms with Crippen LogP contribution >= 0.6 is 0 Å². The van der Waals surface area contributed by atoms with E-state index in [-0.39, 0.29) is 17.6 Å². The minimum atomic E-state index is -0.168. The predicted molar refractivity (Wildman–Crippen MR) is 98.0 cm³/mol. The van der Waals surface area contributed by atoms with Gasteiger partial charge < -0.3 is 10.2 Å². The summed E-state index contributed by atoms with van der Waals surface area (Å²) >= 11 is 0. The summed E-state index contributed by atoms with van der Waals surface area (Å²) in [4.78, 5) is 37.3. The number of nitrogens with one attached hydrogen (secondary N) is 1. The van der Waals surface area contributed by atoms with Gasteiger partial charge >= 0.3 is 0 Å². The zero-order valence-corrected chi connectivity index (χ0v) is 14.7. The Labute approximate surface area is 147 Å². The maximum atomic E-state index is 12.2. The largest absolute Gasteiger partial charge is 0.350 e. The van der Waals surface area contributed by atoms with E-state index in [1.807, 2.05) is 25.1 Å². The van der Waals surface area contributed by atoms with Gasteiger partial charge in [-0.2, -0.15) is 0 Å². The first-order valence-corrected chi connectivity index (χ1v) is 8.13. The van der Waals surface area contributed by atoms with Crippen LogP contribution in [0, 0.1) is 6.92 Å². The molecule has 5 nitrogen and oxygen atoms in total. The van der Waals surface area contributed by atoms with Gasteiger partial charge in [0.1, 0.15) is 0 Å². The van der Waals surface area contributed by atoms with Crippen LogP contribution in [0.5, 0.6) is 0 Å². The molecule has 0 bridgehead atoms. The monoisotopic (exact) mass is 338 g/mol. The molecule has 0 aliphatic rings. The fourth-order valence-electron chi connectivity index (χ4n) is 2.57. The van der Waals surface area contributed by atoms with Crippen LogP contribution in [0.1, 0.15) is 40.1 Å². The van der Waals surface area contributed by atoms with Crippen LogP contribution in [0.15, 0.2) is 48.5 Å². The fraction of sp³-hybridized carbons (Fsp3) is 0.250. The van der Waals surface area contributed by atoms with Gasteiger partial charge in [0.25, 0.3) is 5.91 Å². The van der Waals surface area contributed by atoms with Crippen molar-refractivity contribution in [1.29, 1.82) is 0 Å². The van der Waals surface area contributed by atoms with Crippen molar-refractivity contribution in [3.63, 3.8) is 0 Å². The number of hydrogen-bond acceptors (Lipinski definition) is 3. The molecule has 0 heterocycles. The van der Waals surface area contributed by atoms with Gasteiger partial charge in [0, 0.05) is 36.8 Å². The summed E-state index contributed by atoms with van der Waals surface area (Å²) in [5.41, 5.74) is 2.71. The molecule has 0 saturated carbocycles. The molecule has 0 aromatic heterocycles. The van der Waals surface area contributed by atoms with Crippen molar-refractivity contribution in [2.24, 2.45) is 0 Å². The number of aryl methyl sites for hydroxylation is 1. The van der Waals surface area contributed by atoms with Crippen molar-refractivity contribution in [1.82, 2.24) is 5.32 Å². The zero-order chi connectivity index (χ0) is 18.4. The van der Waals surface area contributed by atoms with Gasteiger partial charge in [-0.1, -0.05) is 30.3 Å². The molecule has 2 aromatic rings. The molecule has 0 aliphatic heterocycles. The van der Waals surface area contributed by atoms with Gasteiger partial charge in [-0.3, -0.25) is 14.4 Å². The minimum Gasteiger partial charge on any atom is -0.350 e. The number of Topliss-reactive ketones (excluding diaryl/α,β-unsaturated/α-hetero) is 1. The van der Waals surface area contributed by atoms with Gasteiger partial charge in [-0.05, 0) is 37.6 Å². The number of ketones is 1. The first-order chi connectivity index (χ1) is 11.9. The lowest BCUT2D eigenvalue weighted by Crippen LogP contribution is -2.37. The van der Waals surface area contributed by atoms with E-state index < -0.39 is 0 Å². The molecule has 25 heavy (non-hydrogen) atoms. The van der Waals surface area contributed by atoms with Crippen molar-refractivity contribution >= 4 is 23.3 Å². The summed E-state index contributed by atoms with van der Waals surface area (Å²) in [5, 5.41) is 2.83. The molecule has 5 heteroatoms. The van der Waals surface area contributed by atoms with Crippen LogP contribution in [0.25, 0.3) is 0 Å². The maximum absolute atomic E-state index is 12.2. The first-order valence-electron chi connectivity index (χ1n) is 8.13. The van der Waals surface area contributed by atoms with Crippen molar-refractivity contribution in [3.8, 4) is 0 Å². The van der Waals surface area contributed by atoms with E-state index in [1.54, 1.807) is 35.2 Å². The molecule has 2 rings (SSSR count). The van der Waals surface area contributed by atoms with Gasteiger partial charge in [0.05, 0.1) is 0 Å². The second-order valence-corrected chi connectivity index (χ2v) is 5.85.